The van der Waals surface area contributed by atoms with Gasteiger partial charge >= 0.3 is 39.5 Å². The summed E-state index contributed by atoms with van der Waals surface area (Å²) in [5, 5.41) is 10.6. The molecule has 0 aliphatic heterocycles. The van der Waals surface area contributed by atoms with Crippen molar-refractivity contribution in [3.05, 3.63) is 0 Å². The number of hydrogen-bond donors (Lipinski definition) is 3. The zero-order valence-corrected chi connectivity index (χ0v) is 62.3. The van der Waals surface area contributed by atoms with Gasteiger partial charge in [-0.25, -0.2) is 9.13 Å². The van der Waals surface area contributed by atoms with E-state index in [1.165, 1.54) is 199 Å². The van der Waals surface area contributed by atoms with Crippen molar-refractivity contribution in [2.45, 2.75) is 400 Å². The van der Waals surface area contributed by atoms with Gasteiger partial charge in [0, 0.05) is 25.7 Å². The van der Waals surface area contributed by atoms with Gasteiger partial charge in [0.25, 0.3) is 0 Å². The Kier molecular flexibility index (Phi) is 64.6. The van der Waals surface area contributed by atoms with Crippen LogP contribution >= 0.6 is 15.6 Å². The number of carbonyl (C=O) groups excluding carboxylic acids is 4. The highest BCUT2D eigenvalue weighted by atomic mass is 31.2. The van der Waals surface area contributed by atoms with Crippen LogP contribution < -0.4 is 0 Å². The Balaban J connectivity index is 5.22. The average Bonchev–Trinajstić information content (AvgIpc) is 2.94. The number of phosphoric ester groups is 2. The van der Waals surface area contributed by atoms with Crippen molar-refractivity contribution in [3.8, 4) is 0 Å². The van der Waals surface area contributed by atoms with Crippen molar-refractivity contribution in [2.24, 2.45) is 11.8 Å². The Labute approximate surface area is 568 Å². The van der Waals surface area contributed by atoms with Gasteiger partial charge in [-0.3, -0.25) is 37.3 Å². The summed E-state index contributed by atoms with van der Waals surface area (Å²) in [6.45, 7) is 9.55. The molecule has 0 aromatic carbocycles. The quantitative estimate of drug-likeness (QED) is 0.0222. The highest BCUT2D eigenvalue weighted by Crippen LogP contribution is 2.45. The zero-order valence-electron chi connectivity index (χ0n) is 60.6. The first-order valence-electron chi connectivity index (χ1n) is 38.5. The largest absolute Gasteiger partial charge is 0.472 e. The first kappa shape index (κ1) is 91.1. The summed E-state index contributed by atoms with van der Waals surface area (Å²) in [5.41, 5.74) is 0. The summed E-state index contributed by atoms with van der Waals surface area (Å²) < 4.78 is 68.4. The zero-order chi connectivity index (χ0) is 68.6. The minimum atomic E-state index is -4.95. The van der Waals surface area contributed by atoms with Crippen molar-refractivity contribution in [1.29, 1.82) is 0 Å². The van der Waals surface area contributed by atoms with Crippen molar-refractivity contribution in [2.75, 3.05) is 39.6 Å². The van der Waals surface area contributed by atoms with Gasteiger partial charge in [0.15, 0.2) is 12.2 Å². The number of unbranched alkanes of at least 4 members (excludes halogenated alkanes) is 42. The van der Waals surface area contributed by atoms with E-state index in [1.807, 2.05) is 0 Å². The van der Waals surface area contributed by atoms with Gasteiger partial charge in [-0.05, 0) is 37.5 Å². The molecule has 0 saturated carbocycles. The standard InChI is InChI=1S/C74H144O17P2/c1-7-10-12-14-16-18-20-21-22-23-24-25-26-27-28-32-40-46-52-58-73(78)90-69(62-85-72(77)57-51-45-39-33-29-30-36-42-48-54-66(4)5)64-88-92(80,81)86-60-68(75)61-87-93(82,83)89-65-70(63-84-71(76)56-50-44-38-31-19-17-15-13-11-8-2)91-74(79)59-53-47-41-35-34-37-43-49-55-67(6)9-3/h66-70,75H,7-65H2,1-6H3,(H,80,81)(H,82,83)/t67?,68-,69-,70-/m1/s1. The van der Waals surface area contributed by atoms with Crippen molar-refractivity contribution in [1.82, 2.24) is 0 Å². The van der Waals surface area contributed by atoms with E-state index in [4.69, 9.17) is 37.0 Å². The van der Waals surface area contributed by atoms with Crippen LogP contribution in [0.3, 0.4) is 0 Å². The SMILES string of the molecule is CCCCCCCCCCCCCCCCCCCCCC(=O)O[C@H](COC(=O)CCCCCCCCCCCC(C)C)COP(=O)(O)OC[C@@H](O)COP(=O)(O)OC[C@@H](COC(=O)CCCCCCCCCCCC)OC(=O)CCCCCCCCCCC(C)CC. The van der Waals surface area contributed by atoms with Crippen LogP contribution in [0.5, 0.6) is 0 Å². The van der Waals surface area contributed by atoms with Crippen molar-refractivity contribution >= 4 is 39.5 Å². The highest BCUT2D eigenvalue weighted by Gasteiger charge is 2.30. The van der Waals surface area contributed by atoms with Crippen molar-refractivity contribution in [3.63, 3.8) is 0 Å². The molecule has 6 atom stereocenters. The molecule has 0 aliphatic carbocycles. The molecule has 552 valence electrons. The van der Waals surface area contributed by atoms with Gasteiger partial charge in [-0.15, -0.1) is 0 Å². The molecule has 0 fully saturated rings. The molecule has 17 nitrogen and oxygen atoms in total. The van der Waals surface area contributed by atoms with E-state index in [9.17, 15) is 43.2 Å². The summed E-state index contributed by atoms with van der Waals surface area (Å²) in [6.07, 6.45) is 52.7. The van der Waals surface area contributed by atoms with Crippen LogP contribution in [0, 0.1) is 11.8 Å². The second kappa shape index (κ2) is 66.0. The van der Waals surface area contributed by atoms with Gasteiger partial charge in [-0.1, -0.05) is 330 Å². The minimum absolute atomic E-state index is 0.105. The smallest absolute Gasteiger partial charge is 0.462 e. The van der Waals surface area contributed by atoms with E-state index in [0.717, 1.165) is 102 Å². The fourth-order valence-corrected chi connectivity index (χ4v) is 12.8. The number of hydrogen-bond acceptors (Lipinski definition) is 15. The van der Waals surface area contributed by atoms with Crippen LogP contribution in [0.25, 0.3) is 0 Å². The second-order valence-electron chi connectivity index (χ2n) is 27.4. The number of ether oxygens (including phenoxy) is 4. The van der Waals surface area contributed by atoms with E-state index in [-0.39, 0.29) is 25.7 Å². The van der Waals surface area contributed by atoms with Crippen LogP contribution in [-0.2, 0) is 65.4 Å². The topological polar surface area (TPSA) is 237 Å². The summed E-state index contributed by atoms with van der Waals surface area (Å²) >= 11 is 0. The summed E-state index contributed by atoms with van der Waals surface area (Å²) in [5.74, 6) is -0.607. The number of aliphatic hydroxyl groups excluding tert-OH is 1. The van der Waals surface area contributed by atoms with E-state index in [0.29, 0.717) is 25.7 Å². The normalized spacial score (nSPS) is 14.3. The predicted molar refractivity (Wildman–Crippen MR) is 377 cm³/mol. The molecule has 0 aromatic rings. The number of carbonyl (C=O) groups is 4. The van der Waals surface area contributed by atoms with Gasteiger partial charge in [0.2, 0.25) is 0 Å². The Bertz CT molecular complexity index is 1810. The molecule has 0 spiro atoms. The van der Waals surface area contributed by atoms with Gasteiger partial charge in [-0.2, -0.15) is 0 Å². The number of phosphoric acid groups is 2. The molecular weight excluding hydrogens is 1220 g/mol. The average molecular weight is 1370 g/mol. The third-order valence-electron chi connectivity index (χ3n) is 17.6. The lowest BCUT2D eigenvalue weighted by atomic mass is 9.99. The Morgan fingerprint density at radius 3 is 0.817 bits per heavy atom. The fourth-order valence-electron chi connectivity index (χ4n) is 11.3. The molecule has 0 radical (unpaired) electrons. The number of esters is 4. The highest BCUT2D eigenvalue weighted by molar-refractivity contribution is 7.47. The Hall–Kier alpha value is -1.94. The third-order valence-corrected chi connectivity index (χ3v) is 19.5. The maximum absolute atomic E-state index is 13.1. The Morgan fingerprint density at radius 2 is 0.548 bits per heavy atom. The first-order valence-corrected chi connectivity index (χ1v) is 41.5. The van der Waals surface area contributed by atoms with Gasteiger partial charge < -0.3 is 33.8 Å². The summed E-state index contributed by atoms with van der Waals surface area (Å²) in [6, 6.07) is 0. The number of aliphatic hydroxyl groups is 1. The van der Waals surface area contributed by atoms with E-state index in [1.54, 1.807) is 0 Å². The van der Waals surface area contributed by atoms with Crippen LogP contribution in [0.2, 0.25) is 0 Å². The van der Waals surface area contributed by atoms with E-state index < -0.39 is 97.5 Å². The Morgan fingerprint density at radius 1 is 0.312 bits per heavy atom. The lowest BCUT2D eigenvalue weighted by Gasteiger charge is -2.21. The maximum Gasteiger partial charge on any atom is 0.472 e. The molecule has 19 heteroatoms. The lowest BCUT2D eigenvalue weighted by molar-refractivity contribution is -0.161. The molecule has 0 saturated heterocycles. The summed E-state index contributed by atoms with van der Waals surface area (Å²) in [4.78, 5) is 72.7. The van der Waals surface area contributed by atoms with Crippen LogP contribution in [0.4, 0.5) is 0 Å². The molecule has 3 unspecified atom stereocenters. The molecule has 0 aliphatic rings. The predicted octanol–water partition coefficient (Wildman–Crippen LogP) is 21.6. The molecule has 0 amide bonds. The molecular formula is C74H144O17P2. The molecule has 0 bridgehead atoms. The monoisotopic (exact) mass is 1370 g/mol. The van der Waals surface area contributed by atoms with Crippen LogP contribution in [0.15, 0.2) is 0 Å². The third kappa shape index (κ3) is 67.0. The van der Waals surface area contributed by atoms with Crippen molar-refractivity contribution < 1.29 is 80.2 Å². The van der Waals surface area contributed by atoms with Gasteiger partial charge in [0.05, 0.1) is 26.4 Å². The van der Waals surface area contributed by atoms with E-state index in [2.05, 4.69) is 41.5 Å². The maximum atomic E-state index is 13.1. The molecule has 3 N–H and O–H groups in total. The van der Waals surface area contributed by atoms with Gasteiger partial charge in [0.1, 0.15) is 19.3 Å². The van der Waals surface area contributed by atoms with Crippen LogP contribution in [-0.4, -0.2) is 96.7 Å². The molecule has 0 aromatic heterocycles. The van der Waals surface area contributed by atoms with Crippen LogP contribution in [0.1, 0.15) is 382 Å². The second-order valence-corrected chi connectivity index (χ2v) is 30.3. The first-order chi connectivity index (χ1) is 44.9. The summed E-state index contributed by atoms with van der Waals surface area (Å²) in [7, 11) is -9.91. The van der Waals surface area contributed by atoms with E-state index >= 15 is 0 Å². The molecule has 0 heterocycles. The number of rotatable bonds is 73. The molecule has 93 heavy (non-hydrogen) atoms. The fraction of sp³-hybridized carbons (Fsp3) is 0.946. The lowest BCUT2D eigenvalue weighted by Crippen LogP contribution is -2.30. The minimum Gasteiger partial charge on any atom is -0.462 e. The molecule has 0 rings (SSSR count).